The molecule has 0 radical (unpaired) electrons. The molecular weight excluding hydrogens is 380 g/mol. The summed E-state index contributed by atoms with van der Waals surface area (Å²) in [7, 11) is -3.58. The number of nitrogens with zero attached hydrogens (tertiary/aromatic N) is 1. The molecule has 1 saturated heterocycles. The van der Waals surface area contributed by atoms with Gasteiger partial charge in [-0.05, 0) is 56.9 Å². The highest BCUT2D eigenvalue weighted by atomic mass is 32.2. The lowest BCUT2D eigenvalue weighted by molar-refractivity contribution is -0.125. The number of sulfonamides is 1. The lowest BCUT2D eigenvalue weighted by atomic mass is 10.1. The fourth-order valence-corrected chi connectivity index (χ4v) is 5.00. The van der Waals surface area contributed by atoms with Crippen molar-refractivity contribution < 1.29 is 22.7 Å². The van der Waals surface area contributed by atoms with Gasteiger partial charge in [0.05, 0.1) is 10.5 Å². The number of esters is 1. The van der Waals surface area contributed by atoms with Gasteiger partial charge in [0.25, 0.3) is 5.91 Å². The van der Waals surface area contributed by atoms with E-state index in [-0.39, 0.29) is 35.1 Å². The van der Waals surface area contributed by atoms with Crippen LogP contribution in [0.3, 0.4) is 0 Å². The summed E-state index contributed by atoms with van der Waals surface area (Å²) in [6.45, 7) is 6.01. The first-order valence-corrected chi connectivity index (χ1v) is 11.3. The molecule has 8 heteroatoms. The highest BCUT2D eigenvalue weighted by molar-refractivity contribution is 7.89. The van der Waals surface area contributed by atoms with E-state index in [2.05, 4.69) is 5.32 Å². The first-order chi connectivity index (χ1) is 13.3. The molecule has 0 aromatic heterocycles. The van der Waals surface area contributed by atoms with E-state index in [1.165, 1.54) is 28.6 Å². The Balaban J connectivity index is 1.98. The second kappa shape index (κ2) is 10.0. The molecule has 1 aliphatic heterocycles. The maximum atomic E-state index is 12.8. The number of ether oxygens (including phenoxy) is 1. The number of nitrogens with one attached hydrogen (secondary N) is 1. The average molecular weight is 411 g/mol. The van der Waals surface area contributed by atoms with Crippen molar-refractivity contribution >= 4 is 21.9 Å². The van der Waals surface area contributed by atoms with Crippen molar-refractivity contribution in [2.24, 2.45) is 0 Å². The minimum atomic E-state index is -3.58. The maximum Gasteiger partial charge on any atom is 0.338 e. The summed E-state index contributed by atoms with van der Waals surface area (Å²) in [4.78, 5) is 24.1. The largest absolute Gasteiger partial charge is 0.452 e. The topological polar surface area (TPSA) is 92.8 Å². The number of benzene rings is 1. The fourth-order valence-electron chi connectivity index (χ4n) is 3.30. The molecule has 1 fully saturated rings. The minimum absolute atomic E-state index is 0.0306. The first kappa shape index (κ1) is 22.4. The molecule has 7 nitrogen and oxygen atoms in total. The Morgan fingerprint density at radius 1 is 1.18 bits per heavy atom. The Morgan fingerprint density at radius 3 is 2.39 bits per heavy atom. The van der Waals surface area contributed by atoms with Gasteiger partial charge in [-0.1, -0.05) is 20.3 Å². The maximum absolute atomic E-state index is 12.8. The molecule has 1 amide bonds. The van der Waals surface area contributed by atoms with Crippen LogP contribution in [0.4, 0.5) is 0 Å². The van der Waals surface area contributed by atoms with E-state index in [0.29, 0.717) is 6.54 Å². The van der Waals surface area contributed by atoms with Gasteiger partial charge in [0.15, 0.2) is 6.61 Å². The standard InChI is InChI=1S/C20H30N2O5S/c1-4-17(5-2)21-19(23)14-27-20(24)16-9-11-18(12-10-16)28(25,26)22-13-7-6-8-15(22)3/h9-12,15,17H,4-8,13-14H2,1-3H3,(H,21,23)/t15-/m1/s1. The van der Waals surface area contributed by atoms with Gasteiger partial charge in [0.2, 0.25) is 10.0 Å². The Hall–Kier alpha value is -1.93. The summed E-state index contributed by atoms with van der Waals surface area (Å²) in [6, 6.07) is 5.70. The van der Waals surface area contributed by atoms with Crippen LogP contribution in [0, 0.1) is 0 Å². The highest BCUT2D eigenvalue weighted by Crippen LogP contribution is 2.25. The SMILES string of the molecule is CCC(CC)NC(=O)COC(=O)c1ccc(S(=O)(=O)N2CCCC[C@H]2C)cc1. The molecule has 0 aliphatic carbocycles. The zero-order valence-electron chi connectivity index (χ0n) is 16.8. The van der Waals surface area contributed by atoms with Gasteiger partial charge in [-0.25, -0.2) is 13.2 Å². The Labute approximate surface area is 167 Å². The zero-order valence-corrected chi connectivity index (χ0v) is 17.6. The van der Waals surface area contributed by atoms with Crippen molar-refractivity contribution in [3.63, 3.8) is 0 Å². The summed E-state index contributed by atoms with van der Waals surface area (Å²) in [5.74, 6) is -1.00. The first-order valence-electron chi connectivity index (χ1n) is 9.88. The van der Waals surface area contributed by atoms with Crippen molar-refractivity contribution in [1.29, 1.82) is 0 Å². The molecule has 1 aromatic carbocycles. The summed E-state index contributed by atoms with van der Waals surface area (Å²) >= 11 is 0. The monoisotopic (exact) mass is 410 g/mol. The predicted molar refractivity (Wildman–Crippen MR) is 106 cm³/mol. The number of piperidine rings is 1. The van der Waals surface area contributed by atoms with E-state index in [0.717, 1.165) is 32.1 Å². The summed E-state index contributed by atoms with van der Waals surface area (Å²) < 4.78 is 32.2. The molecule has 0 unspecified atom stereocenters. The van der Waals surface area contributed by atoms with Crippen molar-refractivity contribution in [3.8, 4) is 0 Å². The number of carbonyl (C=O) groups excluding carboxylic acids is 2. The normalized spacial score (nSPS) is 18.1. The quantitative estimate of drug-likeness (QED) is 0.665. The smallest absolute Gasteiger partial charge is 0.338 e. The average Bonchev–Trinajstić information content (AvgIpc) is 2.70. The third-order valence-corrected chi connectivity index (χ3v) is 7.15. The number of hydrogen-bond acceptors (Lipinski definition) is 5. The molecule has 1 aliphatic rings. The molecule has 1 aromatic rings. The van der Waals surface area contributed by atoms with Crippen molar-refractivity contribution in [2.45, 2.75) is 69.9 Å². The van der Waals surface area contributed by atoms with E-state index in [4.69, 9.17) is 4.74 Å². The van der Waals surface area contributed by atoms with Crippen LogP contribution < -0.4 is 5.32 Å². The van der Waals surface area contributed by atoms with Gasteiger partial charge in [-0.3, -0.25) is 4.79 Å². The summed E-state index contributed by atoms with van der Waals surface area (Å²) in [6.07, 6.45) is 4.35. The fraction of sp³-hybridized carbons (Fsp3) is 0.600. The van der Waals surface area contributed by atoms with Gasteiger partial charge in [0, 0.05) is 18.6 Å². The van der Waals surface area contributed by atoms with Crippen molar-refractivity contribution in [3.05, 3.63) is 29.8 Å². The van der Waals surface area contributed by atoms with Gasteiger partial charge in [-0.2, -0.15) is 4.31 Å². The number of amides is 1. The van der Waals surface area contributed by atoms with Crippen LogP contribution >= 0.6 is 0 Å². The molecule has 0 saturated carbocycles. The predicted octanol–water partition coefficient (Wildman–Crippen LogP) is 2.71. The van der Waals surface area contributed by atoms with E-state index in [1.807, 2.05) is 20.8 Å². The van der Waals surface area contributed by atoms with E-state index >= 15 is 0 Å². The Bertz CT molecular complexity index is 772. The van der Waals surface area contributed by atoms with Crippen LogP contribution in [-0.4, -0.2) is 49.8 Å². The second-order valence-corrected chi connectivity index (χ2v) is 9.03. The van der Waals surface area contributed by atoms with Crippen LogP contribution in [0.15, 0.2) is 29.2 Å². The molecule has 0 bridgehead atoms. The van der Waals surface area contributed by atoms with Crippen LogP contribution in [0.5, 0.6) is 0 Å². The molecule has 1 N–H and O–H groups in total. The van der Waals surface area contributed by atoms with Gasteiger partial charge in [0.1, 0.15) is 0 Å². The van der Waals surface area contributed by atoms with Crippen molar-refractivity contribution in [2.75, 3.05) is 13.2 Å². The number of hydrogen-bond donors (Lipinski definition) is 1. The molecule has 2 rings (SSSR count). The third-order valence-electron chi connectivity index (χ3n) is 5.12. The number of rotatable bonds is 8. The number of carbonyl (C=O) groups is 2. The Kier molecular flexibility index (Phi) is 8.00. The van der Waals surface area contributed by atoms with E-state index in [9.17, 15) is 18.0 Å². The van der Waals surface area contributed by atoms with Crippen molar-refractivity contribution in [1.82, 2.24) is 9.62 Å². The summed E-state index contributed by atoms with van der Waals surface area (Å²) in [5, 5.41) is 2.79. The van der Waals surface area contributed by atoms with E-state index in [1.54, 1.807) is 0 Å². The lowest BCUT2D eigenvalue weighted by Crippen LogP contribution is -2.41. The minimum Gasteiger partial charge on any atom is -0.452 e. The van der Waals surface area contributed by atoms with Crippen LogP contribution in [0.1, 0.15) is 63.2 Å². The van der Waals surface area contributed by atoms with Gasteiger partial charge >= 0.3 is 5.97 Å². The second-order valence-electron chi connectivity index (χ2n) is 7.14. The summed E-state index contributed by atoms with van der Waals surface area (Å²) in [5.41, 5.74) is 0.209. The molecule has 28 heavy (non-hydrogen) atoms. The van der Waals surface area contributed by atoms with Crippen LogP contribution in [-0.2, 0) is 19.6 Å². The van der Waals surface area contributed by atoms with Crippen LogP contribution in [0.2, 0.25) is 0 Å². The third kappa shape index (κ3) is 5.54. The van der Waals surface area contributed by atoms with Crippen LogP contribution in [0.25, 0.3) is 0 Å². The van der Waals surface area contributed by atoms with E-state index < -0.39 is 16.0 Å². The Morgan fingerprint density at radius 2 is 1.82 bits per heavy atom. The van der Waals surface area contributed by atoms with Gasteiger partial charge < -0.3 is 10.1 Å². The lowest BCUT2D eigenvalue weighted by Gasteiger charge is -2.32. The molecule has 0 spiro atoms. The molecule has 1 atom stereocenters. The van der Waals surface area contributed by atoms with Gasteiger partial charge in [-0.15, -0.1) is 0 Å². The molecule has 1 heterocycles. The highest BCUT2D eigenvalue weighted by Gasteiger charge is 2.31. The molecule has 156 valence electrons. The molecular formula is C20H30N2O5S. The zero-order chi connectivity index (χ0) is 20.7.